The largest absolute Gasteiger partial charge is 0.356 e. The van der Waals surface area contributed by atoms with Crippen LogP contribution in [0.25, 0.3) is 0 Å². The average molecular weight is 434 g/mol. The van der Waals surface area contributed by atoms with Crippen LogP contribution in [-0.2, 0) is 13.0 Å². The Bertz CT molecular complexity index is 559. The van der Waals surface area contributed by atoms with E-state index in [1.807, 2.05) is 16.9 Å². The van der Waals surface area contributed by atoms with Crippen molar-refractivity contribution in [3.8, 4) is 0 Å². The monoisotopic (exact) mass is 434 g/mol. The number of thiazole rings is 1. The van der Waals surface area contributed by atoms with Crippen LogP contribution < -0.4 is 10.6 Å². The molecule has 0 unspecified atom stereocenters. The zero-order valence-corrected chi connectivity index (χ0v) is 16.3. The summed E-state index contributed by atoms with van der Waals surface area (Å²) in [6.45, 7) is 6.60. The number of aryl methyl sites for hydroxylation is 2. The van der Waals surface area contributed by atoms with Crippen LogP contribution in [0.5, 0.6) is 0 Å². The van der Waals surface area contributed by atoms with Crippen molar-refractivity contribution in [2.45, 2.75) is 26.8 Å². The lowest BCUT2D eigenvalue weighted by molar-refractivity contribution is 0.597. The fourth-order valence-corrected chi connectivity index (χ4v) is 2.81. The van der Waals surface area contributed by atoms with Crippen molar-refractivity contribution in [3.63, 3.8) is 0 Å². The second-order valence-electron chi connectivity index (χ2n) is 4.69. The Hall–Kier alpha value is -1.16. The molecule has 0 fully saturated rings. The summed E-state index contributed by atoms with van der Waals surface area (Å²) in [7, 11) is 1.78. The molecule has 2 rings (SSSR count). The summed E-state index contributed by atoms with van der Waals surface area (Å²) in [4.78, 5) is 10.0. The van der Waals surface area contributed by atoms with Gasteiger partial charge in [-0.25, -0.2) is 4.98 Å². The molecular weight excluding hydrogens is 411 g/mol. The average Bonchev–Trinajstić information content (AvgIpc) is 3.08. The van der Waals surface area contributed by atoms with E-state index in [0.29, 0.717) is 0 Å². The molecule has 0 aliphatic rings. The van der Waals surface area contributed by atoms with Crippen LogP contribution in [0.3, 0.4) is 0 Å². The minimum Gasteiger partial charge on any atom is -0.356 e. The van der Waals surface area contributed by atoms with Crippen molar-refractivity contribution in [1.29, 1.82) is 0 Å². The Morgan fingerprint density at radius 1 is 1.32 bits per heavy atom. The van der Waals surface area contributed by atoms with Gasteiger partial charge in [0.2, 0.25) is 0 Å². The highest BCUT2D eigenvalue weighted by Crippen LogP contribution is 2.16. The molecule has 0 saturated carbocycles. The molecule has 0 aliphatic carbocycles. The second kappa shape index (κ2) is 9.78. The topological polar surface area (TPSA) is 67.1 Å². The van der Waals surface area contributed by atoms with Crippen LogP contribution in [0.15, 0.2) is 23.5 Å². The predicted molar refractivity (Wildman–Crippen MR) is 102 cm³/mol. The highest BCUT2D eigenvalue weighted by Gasteiger charge is 2.04. The first-order valence-electron chi connectivity index (χ1n) is 7.04. The predicted octanol–water partition coefficient (Wildman–Crippen LogP) is 1.98. The molecule has 2 aromatic heterocycles. The van der Waals surface area contributed by atoms with Gasteiger partial charge in [0, 0.05) is 43.8 Å². The maximum Gasteiger partial charge on any atom is 0.191 e. The molecule has 0 aliphatic heterocycles. The number of aromatic nitrogens is 3. The maximum absolute atomic E-state index is 4.54. The molecular formula is C14H23IN6S. The molecule has 0 radical (unpaired) electrons. The van der Waals surface area contributed by atoms with Crippen LogP contribution in [0.2, 0.25) is 0 Å². The summed E-state index contributed by atoms with van der Waals surface area (Å²) in [6, 6.07) is 1.92. The number of nitrogens with one attached hydrogen (secondary N) is 2. The van der Waals surface area contributed by atoms with Crippen LogP contribution in [0.4, 0.5) is 0 Å². The van der Waals surface area contributed by atoms with E-state index in [2.05, 4.69) is 39.6 Å². The van der Waals surface area contributed by atoms with E-state index in [9.17, 15) is 0 Å². The van der Waals surface area contributed by atoms with Gasteiger partial charge in [0.25, 0.3) is 0 Å². The second-order valence-corrected chi connectivity index (χ2v) is 5.98. The molecule has 6 nitrogen and oxygen atoms in total. The maximum atomic E-state index is 4.54. The number of rotatable bonds is 6. The van der Waals surface area contributed by atoms with Gasteiger partial charge in [-0.2, -0.15) is 5.10 Å². The molecule has 122 valence electrons. The van der Waals surface area contributed by atoms with E-state index in [4.69, 9.17) is 0 Å². The Labute approximate surface area is 152 Å². The van der Waals surface area contributed by atoms with Crippen LogP contribution in [0, 0.1) is 13.8 Å². The lowest BCUT2D eigenvalue weighted by Gasteiger charge is -2.11. The quantitative estimate of drug-likeness (QED) is 0.415. The van der Waals surface area contributed by atoms with E-state index in [1.165, 1.54) is 9.88 Å². The van der Waals surface area contributed by atoms with E-state index in [0.717, 1.165) is 37.7 Å². The SMILES string of the molecule is CN=C(NCCc1nc(C)c(C)s1)NCCn1cccn1.I. The normalized spacial score (nSPS) is 11.1. The molecule has 0 bridgehead atoms. The van der Waals surface area contributed by atoms with Crippen molar-refractivity contribution in [2.24, 2.45) is 4.99 Å². The molecule has 22 heavy (non-hydrogen) atoms. The third-order valence-electron chi connectivity index (χ3n) is 3.12. The minimum absolute atomic E-state index is 0. The highest BCUT2D eigenvalue weighted by atomic mass is 127. The first-order valence-corrected chi connectivity index (χ1v) is 7.85. The van der Waals surface area contributed by atoms with Gasteiger partial charge in [0.15, 0.2) is 5.96 Å². The summed E-state index contributed by atoms with van der Waals surface area (Å²) in [5, 5.41) is 11.9. The zero-order valence-electron chi connectivity index (χ0n) is 13.2. The number of aliphatic imine (C=N–C) groups is 1. The lowest BCUT2D eigenvalue weighted by Crippen LogP contribution is -2.39. The standard InChI is InChI=1S/C14H22N6S.HI/c1-11-12(2)21-13(19-11)5-7-16-14(15-3)17-8-10-20-9-4-6-18-20;/h4,6,9H,5,7-8,10H2,1-3H3,(H2,15,16,17);1H. The smallest absolute Gasteiger partial charge is 0.191 e. The van der Waals surface area contributed by atoms with E-state index < -0.39 is 0 Å². The van der Waals surface area contributed by atoms with Crippen molar-refractivity contribution in [1.82, 2.24) is 25.4 Å². The summed E-state index contributed by atoms with van der Waals surface area (Å²) in [5.41, 5.74) is 1.14. The van der Waals surface area contributed by atoms with Crippen LogP contribution in [0.1, 0.15) is 15.6 Å². The fourth-order valence-electron chi connectivity index (χ4n) is 1.88. The van der Waals surface area contributed by atoms with Gasteiger partial charge in [-0.15, -0.1) is 35.3 Å². The molecule has 0 aromatic carbocycles. The lowest BCUT2D eigenvalue weighted by atomic mass is 10.4. The molecule has 8 heteroatoms. The Kier molecular flexibility index (Phi) is 8.39. The van der Waals surface area contributed by atoms with Gasteiger partial charge in [-0.05, 0) is 19.9 Å². The number of guanidine groups is 1. The van der Waals surface area contributed by atoms with Gasteiger partial charge in [-0.1, -0.05) is 0 Å². The molecule has 2 N–H and O–H groups in total. The number of hydrogen-bond acceptors (Lipinski definition) is 4. The van der Waals surface area contributed by atoms with Gasteiger partial charge in [-0.3, -0.25) is 9.67 Å². The van der Waals surface area contributed by atoms with Crippen LogP contribution in [-0.4, -0.2) is 40.9 Å². The molecule has 2 heterocycles. The Morgan fingerprint density at radius 2 is 2.09 bits per heavy atom. The first-order chi connectivity index (χ1) is 10.2. The summed E-state index contributed by atoms with van der Waals surface area (Å²) in [5.74, 6) is 0.812. The van der Waals surface area contributed by atoms with Crippen molar-refractivity contribution in [2.75, 3.05) is 20.1 Å². The van der Waals surface area contributed by atoms with E-state index in [1.54, 1.807) is 24.6 Å². The van der Waals surface area contributed by atoms with Gasteiger partial charge in [0.1, 0.15) is 0 Å². The molecule has 0 amide bonds. The number of nitrogens with zero attached hydrogens (tertiary/aromatic N) is 4. The molecule has 0 saturated heterocycles. The fraction of sp³-hybridized carbons (Fsp3) is 0.500. The first kappa shape index (κ1) is 18.9. The third-order valence-corrected chi connectivity index (χ3v) is 4.25. The summed E-state index contributed by atoms with van der Waals surface area (Å²) in [6.07, 6.45) is 4.65. The molecule has 0 atom stereocenters. The number of hydrogen-bond donors (Lipinski definition) is 2. The van der Waals surface area contributed by atoms with Gasteiger partial charge < -0.3 is 10.6 Å². The van der Waals surface area contributed by atoms with Crippen LogP contribution >= 0.6 is 35.3 Å². The van der Waals surface area contributed by atoms with Crippen molar-refractivity contribution in [3.05, 3.63) is 34.0 Å². The van der Waals surface area contributed by atoms with Gasteiger partial charge in [0.05, 0.1) is 17.2 Å². The minimum atomic E-state index is 0. The number of halogens is 1. The highest BCUT2D eigenvalue weighted by molar-refractivity contribution is 14.0. The molecule has 0 spiro atoms. The zero-order chi connectivity index (χ0) is 15.1. The van der Waals surface area contributed by atoms with Gasteiger partial charge >= 0.3 is 0 Å². The summed E-state index contributed by atoms with van der Waals surface area (Å²) < 4.78 is 1.89. The van der Waals surface area contributed by atoms with E-state index >= 15 is 0 Å². The van der Waals surface area contributed by atoms with E-state index in [-0.39, 0.29) is 24.0 Å². The summed E-state index contributed by atoms with van der Waals surface area (Å²) >= 11 is 1.77. The Balaban J connectivity index is 0.00000242. The third kappa shape index (κ3) is 5.91. The van der Waals surface area contributed by atoms with Crippen molar-refractivity contribution >= 4 is 41.3 Å². The molecule has 2 aromatic rings. The Morgan fingerprint density at radius 3 is 2.68 bits per heavy atom. The van der Waals surface area contributed by atoms with Crippen molar-refractivity contribution < 1.29 is 0 Å².